The monoisotopic (exact) mass is 269 g/mol. The lowest BCUT2D eigenvalue weighted by atomic mass is 9.90. The summed E-state index contributed by atoms with van der Waals surface area (Å²) < 4.78 is 5.38. The topological polar surface area (TPSA) is 89.7 Å². The van der Waals surface area contributed by atoms with Crippen LogP contribution in [0.3, 0.4) is 0 Å². The second kappa shape index (κ2) is 6.14. The van der Waals surface area contributed by atoms with E-state index in [1.165, 1.54) is 0 Å². The molecule has 0 aromatic rings. The molecule has 0 unspecified atom stereocenters. The Hall–Kier alpha value is -1.43. The van der Waals surface area contributed by atoms with E-state index in [1.807, 2.05) is 12.2 Å². The molecule has 0 saturated heterocycles. The van der Waals surface area contributed by atoms with Gasteiger partial charge in [0.25, 0.3) is 0 Å². The minimum Gasteiger partial charge on any atom is -0.462 e. The molecule has 1 saturated carbocycles. The summed E-state index contributed by atoms with van der Waals surface area (Å²) in [6, 6.07) is 0. The van der Waals surface area contributed by atoms with Gasteiger partial charge in [0, 0.05) is 23.7 Å². The second-order valence-corrected chi connectivity index (χ2v) is 5.27. The third kappa shape index (κ3) is 3.53. The maximum Gasteiger partial charge on any atom is 0.306 e. The molecule has 1 heterocycles. The van der Waals surface area contributed by atoms with Crippen molar-refractivity contribution in [2.75, 3.05) is 6.54 Å². The molecule has 0 spiro atoms. The number of fused-ring (bicyclic) bond motifs is 1. The summed E-state index contributed by atoms with van der Waals surface area (Å²) in [6.07, 6.45) is 5.70. The summed E-state index contributed by atoms with van der Waals surface area (Å²) in [5.74, 6) is -0.852. The summed E-state index contributed by atoms with van der Waals surface area (Å²) in [4.78, 5) is 21.9. The molecule has 6 heteroatoms. The number of aliphatic hydroxyl groups is 1. The first-order valence-corrected chi connectivity index (χ1v) is 6.72. The Morgan fingerprint density at radius 2 is 2.26 bits per heavy atom. The number of carbonyl (C=O) groups excluding carboxylic acids is 1. The predicted octanol–water partition coefficient (Wildman–Crippen LogP) is 1.30. The molecule has 0 amide bonds. The fourth-order valence-electron chi connectivity index (χ4n) is 3.00. The van der Waals surface area contributed by atoms with Gasteiger partial charge in [-0.1, -0.05) is 12.2 Å². The fourth-order valence-corrected chi connectivity index (χ4v) is 3.00. The first-order chi connectivity index (χ1) is 9.08. The van der Waals surface area contributed by atoms with Gasteiger partial charge in [-0.15, -0.1) is 0 Å². The van der Waals surface area contributed by atoms with Gasteiger partial charge in [0.2, 0.25) is 6.54 Å². The van der Waals surface area contributed by atoms with E-state index >= 15 is 0 Å². The van der Waals surface area contributed by atoms with Gasteiger partial charge in [-0.3, -0.25) is 14.9 Å². The molecule has 1 fully saturated rings. The molecule has 0 radical (unpaired) electrons. The average molecular weight is 269 g/mol. The van der Waals surface area contributed by atoms with Gasteiger partial charge in [-0.05, 0) is 19.3 Å². The Balaban J connectivity index is 2.13. The highest BCUT2D eigenvalue weighted by atomic mass is 16.6. The zero-order valence-electron chi connectivity index (χ0n) is 10.7. The quantitative estimate of drug-likeness (QED) is 0.353. The van der Waals surface area contributed by atoms with Crippen molar-refractivity contribution in [3.05, 3.63) is 22.3 Å². The van der Waals surface area contributed by atoms with Gasteiger partial charge in [-0.2, -0.15) is 0 Å². The van der Waals surface area contributed by atoms with E-state index in [9.17, 15) is 20.0 Å². The SMILES string of the molecule is O=C1CCC/C=C\C[C@@H]2[C@@H](C[N+](=O)[O-])[C@H](O)C[C@@H]2O1. The average Bonchev–Trinajstić information content (AvgIpc) is 2.61. The molecule has 0 aromatic heterocycles. The van der Waals surface area contributed by atoms with Crippen LogP contribution in [0.1, 0.15) is 32.1 Å². The maximum atomic E-state index is 11.6. The van der Waals surface area contributed by atoms with Gasteiger partial charge < -0.3 is 9.84 Å². The van der Waals surface area contributed by atoms with E-state index in [4.69, 9.17) is 4.74 Å². The molecule has 0 bridgehead atoms. The molecule has 1 aliphatic carbocycles. The second-order valence-electron chi connectivity index (χ2n) is 5.27. The van der Waals surface area contributed by atoms with Gasteiger partial charge in [0.05, 0.1) is 12.0 Å². The minimum absolute atomic E-state index is 0.154. The summed E-state index contributed by atoms with van der Waals surface area (Å²) in [6.45, 7) is -0.270. The number of hydrogen-bond donors (Lipinski definition) is 1. The van der Waals surface area contributed by atoms with Crippen molar-refractivity contribution in [3.63, 3.8) is 0 Å². The van der Waals surface area contributed by atoms with Gasteiger partial charge in [0.1, 0.15) is 6.10 Å². The summed E-state index contributed by atoms with van der Waals surface area (Å²) in [5, 5.41) is 20.6. The smallest absolute Gasteiger partial charge is 0.306 e. The van der Waals surface area contributed by atoms with E-state index in [1.54, 1.807) is 0 Å². The summed E-state index contributed by atoms with van der Waals surface area (Å²) >= 11 is 0. The highest BCUT2D eigenvalue weighted by Crippen LogP contribution is 2.38. The number of ether oxygens (including phenoxy) is 1. The van der Waals surface area contributed by atoms with Crippen LogP contribution < -0.4 is 0 Å². The van der Waals surface area contributed by atoms with E-state index in [-0.39, 0.29) is 18.4 Å². The normalized spacial score (nSPS) is 37.2. The molecule has 2 rings (SSSR count). The van der Waals surface area contributed by atoms with Gasteiger partial charge >= 0.3 is 5.97 Å². The van der Waals surface area contributed by atoms with Crippen molar-refractivity contribution >= 4 is 5.97 Å². The van der Waals surface area contributed by atoms with E-state index in [2.05, 4.69) is 0 Å². The van der Waals surface area contributed by atoms with Crippen LogP contribution in [-0.2, 0) is 9.53 Å². The van der Waals surface area contributed by atoms with E-state index < -0.39 is 23.0 Å². The highest BCUT2D eigenvalue weighted by Gasteiger charge is 2.46. The van der Waals surface area contributed by atoms with Gasteiger partial charge in [-0.25, -0.2) is 0 Å². The van der Waals surface area contributed by atoms with E-state index in [0.29, 0.717) is 19.3 Å². The first kappa shape index (κ1) is 14.0. The van der Waals surface area contributed by atoms with Gasteiger partial charge in [0.15, 0.2) is 0 Å². The third-order valence-electron chi connectivity index (χ3n) is 3.96. The van der Waals surface area contributed by atoms with Crippen molar-refractivity contribution in [1.82, 2.24) is 0 Å². The van der Waals surface area contributed by atoms with Crippen LogP contribution in [0.15, 0.2) is 12.2 Å². The first-order valence-electron chi connectivity index (χ1n) is 6.72. The standard InChI is InChI=1S/C13H19NO5/c15-11-7-12-9(10(11)8-14(17)18)5-3-1-2-4-6-13(16)19-12/h1,3,9-12,15H,2,4-8H2/b3-1-/t9-,10-,11-,12+/m1/s1. The number of carbonyl (C=O) groups is 1. The van der Waals surface area contributed by atoms with Crippen molar-refractivity contribution < 1.29 is 19.6 Å². The third-order valence-corrected chi connectivity index (χ3v) is 3.96. The largest absolute Gasteiger partial charge is 0.462 e. The van der Waals surface area contributed by atoms with Crippen LogP contribution in [-0.4, -0.2) is 34.8 Å². The molecule has 1 aliphatic heterocycles. The number of aliphatic hydroxyl groups excluding tert-OH is 1. The molecule has 1 N–H and O–H groups in total. The molecule has 2 aliphatic rings. The Kier molecular flexibility index (Phi) is 4.52. The lowest BCUT2D eigenvalue weighted by Gasteiger charge is -2.22. The number of nitrogens with zero attached hydrogens (tertiary/aromatic N) is 1. The lowest BCUT2D eigenvalue weighted by Crippen LogP contribution is -2.30. The van der Waals surface area contributed by atoms with Crippen LogP contribution in [0.4, 0.5) is 0 Å². The molecule has 106 valence electrons. The zero-order chi connectivity index (χ0) is 13.8. The molecular weight excluding hydrogens is 250 g/mol. The maximum absolute atomic E-state index is 11.6. The number of nitro groups is 1. The molecule has 19 heavy (non-hydrogen) atoms. The lowest BCUT2D eigenvalue weighted by molar-refractivity contribution is -0.491. The van der Waals surface area contributed by atoms with E-state index in [0.717, 1.165) is 12.8 Å². The van der Waals surface area contributed by atoms with Crippen molar-refractivity contribution in [3.8, 4) is 0 Å². The summed E-state index contributed by atoms with van der Waals surface area (Å²) in [7, 11) is 0. The number of rotatable bonds is 2. The Morgan fingerprint density at radius 1 is 1.47 bits per heavy atom. The number of esters is 1. The van der Waals surface area contributed by atoms with Crippen LogP contribution >= 0.6 is 0 Å². The Morgan fingerprint density at radius 3 is 3.00 bits per heavy atom. The van der Waals surface area contributed by atoms with Crippen LogP contribution in [0.25, 0.3) is 0 Å². The highest BCUT2D eigenvalue weighted by molar-refractivity contribution is 5.69. The predicted molar refractivity (Wildman–Crippen MR) is 67.0 cm³/mol. The number of hydrogen-bond acceptors (Lipinski definition) is 5. The van der Waals surface area contributed by atoms with Crippen LogP contribution in [0.2, 0.25) is 0 Å². The number of allylic oxidation sites excluding steroid dienone is 2. The molecular formula is C13H19NO5. The van der Waals surface area contributed by atoms with Crippen LogP contribution in [0.5, 0.6) is 0 Å². The Labute approximate surface area is 111 Å². The summed E-state index contributed by atoms with van der Waals surface area (Å²) in [5.41, 5.74) is 0. The fraction of sp³-hybridized carbons (Fsp3) is 0.769. The minimum atomic E-state index is -0.762. The van der Waals surface area contributed by atoms with Crippen LogP contribution in [0, 0.1) is 22.0 Å². The van der Waals surface area contributed by atoms with Crippen molar-refractivity contribution in [2.24, 2.45) is 11.8 Å². The molecule has 0 aromatic carbocycles. The Bertz CT molecular complexity index is 381. The van der Waals surface area contributed by atoms with Crippen molar-refractivity contribution in [2.45, 2.75) is 44.3 Å². The molecule has 4 atom stereocenters. The molecule has 6 nitrogen and oxygen atoms in total. The zero-order valence-corrected chi connectivity index (χ0v) is 10.7. The van der Waals surface area contributed by atoms with Crippen molar-refractivity contribution in [1.29, 1.82) is 0 Å².